The lowest BCUT2D eigenvalue weighted by Crippen LogP contribution is -2.28. The number of nitrogen functional groups attached to an aromatic ring is 1. The Kier molecular flexibility index (Phi) is 3.75. The lowest BCUT2D eigenvalue weighted by molar-refractivity contribution is -0.116. The van der Waals surface area contributed by atoms with Crippen molar-refractivity contribution in [3.8, 4) is 6.07 Å². The smallest absolute Gasteiger partial charge is 0.173 e. The molecule has 1 aromatic carbocycles. The molecule has 3 rings (SSSR count). The number of Topliss-reactive ketones (excluding diaryl/α,β-unsaturated/α-hetero) is 1. The monoisotopic (exact) mass is 312 g/mol. The molecule has 0 aliphatic heterocycles. The Hall–Kier alpha value is -2.15. The highest BCUT2D eigenvalue weighted by Crippen LogP contribution is 2.57. The number of anilines is 1. The van der Waals surface area contributed by atoms with Crippen LogP contribution < -0.4 is 5.73 Å². The second-order valence-electron chi connectivity index (χ2n) is 6.77. The molecule has 4 heteroatoms. The highest BCUT2D eigenvalue weighted by molar-refractivity contribution is 6.10. The average molecular weight is 312 g/mol. The largest absolute Gasteiger partial charge is 0.396 e. The lowest BCUT2D eigenvalue weighted by Gasteiger charge is -2.35. The van der Waals surface area contributed by atoms with E-state index in [0.717, 1.165) is 54.4 Å². The Morgan fingerprint density at radius 2 is 2.22 bits per heavy atom. The van der Waals surface area contributed by atoms with Crippen molar-refractivity contribution in [3.63, 3.8) is 0 Å². The summed E-state index contributed by atoms with van der Waals surface area (Å²) in [5, 5.41) is 9.52. The fourth-order valence-electron chi connectivity index (χ4n) is 4.20. The molecular formula is C19H21FN2O. The standard InChI is InChI=1S/C19H21FN2O/c1-3-4-6-19-7-5-16(23)14(10-21)17(19)12-8-15(20)18(22)11(2)13(12)9-19/h8H,3-7,9,22H2,1-2H3. The van der Waals surface area contributed by atoms with E-state index < -0.39 is 5.82 Å². The molecule has 0 aromatic heterocycles. The van der Waals surface area contributed by atoms with Gasteiger partial charge in [0.25, 0.3) is 0 Å². The summed E-state index contributed by atoms with van der Waals surface area (Å²) in [5.74, 6) is -0.576. The first-order valence-corrected chi connectivity index (χ1v) is 8.21. The number of nitrogens with zero attached hydrogens (tertiary/aromatic N) is 1. The van der Waals surface area contributed by atoms with E-state index in [1.807, 2.05) is 6.92 Å². The first-order chi connectivity index (χ1) is 10.9. The van der Waals surface area contributed by atoms with Crippen molar-refractivity contribution in [2.45, 2.75) is 52.4 Å². The van der Waals surface area contributed by atoms with Crippen LogP contribution in [0.1, 0.15) is 55.7 Å². The van der Waals surface area contributed by atoms with E-state index in [0.29, 0.717) is 6.42 Å². The van der Waals surface area contributed by atoms with Crippen LogP contribution in [0.25, 0.3) is 5.57 Å². The molecule has 0 spiro atoms. The van der Waals surface area contributed by atoms with Crippen LogP contribution in [0.15, 0.2) is 11.6 Å². The summed E-state index contributed by atoms with van der Waals surface area (Å²) in [6, 6.07) is 3.52. The van der Waals surface area contributed by atoms with Gasteiger partial charge in [0.2, 0.25) is 0 Å². The van der Waals surface area contributed by atoms with Gasteiger partial charge in [-0.25, -0.2) is 4.39 Å². The fourth-order valence-corrected chi connectivity index (χ4v) is 4.20. The van der Waals surface area contributed by atoms with Crippen molar-refractivity contribution in [1.82, 2.24) is 0 Å². The van der Waals surface area contributed by atoms with E-state index in [2.05, 4.69) is 13.0 Å². The first kappa shape index (κ1) is 15.7. The summed E-state index contributed by atoms with van der Waals surface area (Å²) in [5.41, 5.74) is 9.34. The van der Waals surface area contributed by atoms with Gasteiger partial charge < -0.3 is 5.73 Å². The van der Waals surface area contributed by atoms with E-state index in [9.17, 15) is 14.4 Å². The molecule has 120 valence electrons. The van der Waals surface area contributed by atoms with Gasteiger partial charge in [-0.1, -0.05) is 19.8 Å². The third-order valence-corrected chi connectivity index (χ3v) is 5.51. The predicted octanol–water partition coefficient (Wildman–Crippen LogP) is 4.09. The van der Waals surface area contributed by atoms with Gasteiger partial charge in [-0.3, -0.25) is 4.79 Å². The van der Waals surface area contributed by atoms with Gasteiger partial charge in [-0.2, -0.15) is 5.26 Å². The van der Waals surface area contributed by atoms with Crippen LogP contribution in [0.2, 0.25) is 0 Å². The maximum absolute atomic E-state index is 14.2. The Bertz CT molecular complexity index is 773. The van der Waals surface area contributed by atoms with Gasteiger partial charge in [0.15, 0.2) is 5.78 Å². The van der Waals surface area contributed by atoms with Gasteiger partial charge in [0.1, 0.15) is 11.9 Å². The second kappa shape index (κ2) is 5.49. The van der Waals surface area contributed by atoms with Gasteiger partial charge in [-0.05, 0) is 54.5 Å². The minimum absolute atomic E-state index is 0.114. The number of hydrogen-bond donors (Lipinski definition) is 1. The fraction of sp³-hybridized carbons (Fsp3) is 0.474. The first-order valence-electron chi connectivity index (χ1n) is 8.21. The molecule has 23 heavy (non-hydrogen) atoms. The molecule has 2 aliphatic carbocycles. The van der Waals surface area contributed by atoms with E-state index >= 15 is 0 Å². The number of rotatable bonds is 3. The summed E-state index contributed by atoms with van der Waals surface area (Å²) >= 11 is 0. The van der Waals surface area contributed by atoms with Crippen LogP contribution in [-0.4, -0.2) is 5.78 Å². The van der Waals surface area contributed by atoms with Gasteiger partial charge in [0, 0.05) is 11.8 Å². The van der Waals surface area contributed by atoms with Crippen LogP contribution >= 0.6 is 0 Å². The van der Waals surface area contributed by atoms with E-state index in [-0.39, 0.29) is 22.5 Å². The summed E-state index contributed by atoms with van der Waals surface area (Å²) in [4.78, 5) is 12.2. The highest BCUT2D eigenvalue weighted by atomic mass is 19.1. The normalized spacial score (nSPS) is 22.8. The van der Waals surface area contributed by atoms with Crippen molar-refractivity contribution in [1.29, 1.82) is 5.26 Å². The summed E-state index contributed by atoms with van der Waals surface area (Å²) in [6.07, 6.45) is 4.90. The molecule has 0 saturated carbocycles. The summed E-state index contributed by atoms with van der Waals surface area (Å²) < 4.78 is 14.2. The van der Waals surface area contributed by atoms with Crippen LogP contribution in [0.4, 0.5) is 10.1 Å². The minimum Gasteiger partial charge on any atom is -0.396 e. The quantitative estimate of drug-likeness (QED) is 0.855. The molecule has 1 aromatic rings. The van der Waals surface area contributed by atoms with Crippen molar-refractivity contribution >= 4 is 17.0 Å². The van der Waals surface area contributed by atoms with E-state index in [1.165, 1.54) is 6.07 Å². The van der Waals surface area contributed by atoms with Gasteiger partial charge in [-0.15, -0.1) is 0 Å². The SMILES string of the molecule is CCCCC12CCC(=O)C(C#N)=C1c1cc(F)c(N)c(C)c1C2. The minimum atomic E-state index is -0.463. The Balaban J connectivity index is 2.29. The Labute approximate surface area is 136 Å². The zero-order valence-electron chi connectivity index (χ0n) is 13.6. The number of ketones is 1. The molecule has 0 saturated heterocycles. The number of allylic oxidation sites excluding steroid dienone is 2. The third kappa shape index (κ3) is 2.18. The molecule has 0 bridgehead atoms. The van der Waals surface area contributed by atoms with Crippen molar-refractivity contribution in [3.05, 3.63) is 34.1 Å². The molecule has 1 unspecified atom stereocenters. The van der Waals surface area contributed by atoms with Gasteiger partial charge in [0.05, 0.1) is 11.3 Å². The van der Waals surface area contributed by atoms with Crippen molar-refractivity contribution in [2.75, 3.05) is 5.73 Å². The van der Waals surface area contributed by atoms with E-state index in [4.69, 9.17) is 5.73 Å². The number of fused-ring (bicyclic) bond motifs is 3. The second-order valence-corrected chi connectivity index (χ2v) is 6.77. The summed E-state index contributed by atoms with van der Waals surface area (Å²) in [7, 11) is 0. The Morgan fingerprint density at radius 3 is 2.87 bits per heavy atom. The van der Waals surface area contributed by atoms with Crippen LogP contribution in [0.3, 0.4) is 0 Å². The molecule has 0 radical (unpaired) electrons. The van der Waals surface area contributed by atoms with Crippen molar-refractivity contribution in [2.24, 2.45) is 5.41 Å². The lowest BCUT2D eigenvalue weighted by atomic mass is 9.67. The maximum Gasteiger partial charge on any atom is 0.173 e. The zero-order chi connectivity index (χ0) is 16.8. The molecule has 0 heterocycles. The molecular weight excluding hydrogens is 291 g/mol. The highest BCUT2D eigenvalue weighted by Gasteiger charge is 2.47. The van der Waals surface area contributed by atoms with Crippen LogP contribution in [-0.2, 0) is 11.2 Å². The molecule has 3 nitrogen and oxygen atoms in total. The zero-order valence-corrected chi connectivity index (χ0v) is 13.6. The number of halogens is 1. The number of benzene rings is 1. The molecule has 0 amide bonds. The molecule has 1 atom stereocenters. The van der Waals surface area contributed by atoms with E-state index in [1.54, 1.807) is 0 Å². The number of hydrogen-bond acceptors (Lipinski definition) is 3. The van der Waals surface area contributed by atoms with Gasteiger partial charge >= 0.3 is 0 Å². The van der Waals surface area contributed by atoms with Crippen LogP contribution in [0, 0.1) is 29.5 Å². The maximum atomic E-state index is 14.2. The number of nitriles is 1. The summed E-state index contributed by atoms with van der Waals surface area (Å²) in [6.45, 7) is 3.96. The number of nitrogens with two attached hydrogens (primary N) is 1. The third-order valence-electron chi connectivity index (χ3n) is 5.51. The number of carbonyl (C=O) groups excluding carboxylic acids is 1. The topological polar surface area (TPSA) is 66.9 Å². The van der Waals surface area contributed by atoms with Crippen molar-refractivity contribution < 1.29 is 9.18 Å². The van der Waals surface area contributed by atoms with Crippen LogP contribution in [0.5, 0.6) is 0 Å². The number of carbonyl (C=O) groups is 1. The molecule has 2 N–H and O–H groups in total. The molecule has 0 fully saturated rings. The Morgan fingerprint density at radius 1 is 1.48 bits per heavy atom. The molecule has 2 aliphatic rings. The predicted molar refractivity (Wildman–Crippen MR) is 88.0 cm³/mol. The number of unbranched alkanes of at least 4 members (excludes halogenated alkanes) is 1. The average Bonchev–Trinajstić information content (AvgIpc) is 2.86.